The molecule has 1 atom stereocenters. The zero-order valence-electron chi connectivity index (χ0n) is 5.16. The number of ether oxygens (including phenoxy) is 1. The SMILES string of the molecule is COC1C=[N+]N(C)C1. The lowest BCUT2D eigenvalue weighted by atomic mass is 10.4. The fraction of sp³-hybridized carbons (Fsp3) is 0.800. The van der Waals surface area contributed by atoms with Crippen LogP contribution in [0.4, 0.5) is 0 Å². The van der Waals surface area contributed by atoms with Crippen molar-refractivity contribution in [1.82, 2.24) is 10.1 Å². The molecule has 8 heavy (non-hydrogen) atoms. The fourth-order valence-corrected chi connectivity index (χ4v) is 0.678. The topological polar surface area (TPSA) is 26.6 Å². The number of likely N-dealkylation sites (N-methyl/N-ethyl adjacent to an activating group) is 1. The summed E-state index contributed by atoms with van der Waals surface area (Å²) in [5.74, 6) is 0. The highest BCUT2D eigenvalue weighted by Crippen LogP contribution is 1.91. The summed E-state index contributed by atoms with van der Waals surface area (Å²) in [4.78, 5) is 0. The van der Waals surface area contributed by atoms with Crippen molar-refractivity contribution in [3.05, 3.63) is 0 Å². The molecule has 45 valence electrons. The Balaban J connectivity index is 2.34. The van der Waals surface area contributed by atoms with Gasteiger partial charge < -0.3 is 4.74 Å². The van der Waals surface area contributed by atoms with Crippen molar-refractivity contribution in [3.8, 4) is 0 Å². The highest BCUT2D eigenvalue weighted by Gasteiger charge is 2.23. The van der Waals surface area contributed by atoms with Crippen molar-refractivity contribution in [3.63, 3.8) is 0 Å². The first-order valence-corrected chi connectivity index (χ1v) is 2.61. The fourth-order valence-electron chi connectivity index (χ4n) is 0.678. The van der Waals surface area contributed by atoms with Crippen molar-refractivity contribution in [2.24, 2.45) is 0 Å². The second-order valence-electron chi connectivity index (χ2n) is 1.88. The Morgan fingerprint density at radius 2 is 2.62 bits per heavy atom. The molecule has 0 aromatic rings. The van der Waals surface area contributed by atoms with Crippen molar-refractivity contribution in [1.29, 1.82) is 0 Å². The lowest BCUT2D eigenvalue weighted by Crippen LogP contribution is -2.21. The van der Waals surface area contributed by atoms with Crippen LogP contribution in [-0.2, 0) is 4.74 Å². The molecule has 1 aliphatic rings. The summed E-state index contributed by atoms with van der Waals surface area (Å²) >= 11 is 0. The summed E-state index contributed by atoms with van der Waals surface area (Å²) in [6.45, 7) is 0.885. The van der Waals surface area contributed by atoms with E-state index < -0.39 is 0 Å². The van der Waals surface area contributed by atoms with E-state index in [4.69, 9.17) is 4.74 Å². The van der Waals surface area contributed by atoms with Crippen molar-refractivity contribution in [2.75, 3.05) is 20.7 Å². The summed E-state index contributed by atoms with van der Waals surface area (Å²) < 4.78 is 4.99. The molecule has 0 aromatic carbocycles. The van der Waals surface area contributed by atoms with Gasteiger partial charge in [0.2, 0.25) is 0 Å². The molecule has 0 fully saturated rings. The number of hydrogen-bond donors (Lipinski definition) is 0. The van der Waals surface area contributed by atoms with Crippen LogP contribution >= 0.6 is 0 Å². The molecule has 3 heteroatoms. The molecule has 1 rings (SSSR count). The Morgan fingerprint density at radius 1 is 1.88 bits per heavy atom. The third-order valence-corrected chi connectivity index (χ3v) is 1.18. The Kier molecular flexibility index (Phi) is 1.48. The largest absolute Gasteiger partial charge is 0.369 e. The molecule has 1 unspecified atom stereocenters. The van der Waals surface area contributed by atoms with Gasteiger partial charge in [0.05, 0.1) is 7.05 Å². The molecule has 0 aromatic heterocycles. The molecule has 0 saturated carbocycles. The Bertz CT molecular complexity index is 103. The van der Waals surface area contributed by atoms with Gasteiger partial charge >= 0.3 is 0 Å². The molecule has 0 spiro atoms. The molecule has 0 amide bonds. The maximum absolute atomic E-state index is 4.99. The van der Waals surface area contributed by atoms with Gasteiger partial charge in [0.15, 0.2) is 11.2 Å². The van der Waals surface area contributed by atoms with Crippen LogP contribution in [-0.4, -0.2) is 38.0 Å². The van der Waals surface area contributed by atoms with E-state index in [-0.39, 0.29) is 6.10 Å². The van der Waals surface area contributed by atoms with Crippen molar-refractivity contribution >= 4 is 6.21 Å². The second kappa shape index (κ2) is 2.13. The molecule has 0 aliphatic carbocycles. The Morgan fingerprint density at radius 3 is 2.88 bits per heavy atom. The van der Waals surface area contributed by atoms with Crippen LogP contribution in [0.2, 0.25) is 0 Å². The molecule has 1 heterocycles. The number of hydrazone groups is 1. The summed E-state index contributed by atoms with van der Waals surface area (Å²) in [5, 5.41) is 5.83. The van der Waals surface area contributed by atoms with Crippen LogP contribution < -0.4 is 5.10 Å². The maximum Gasteiger partial charge on any atom is 0.282 e. The van der Waals surface area contributed by atoms with E-state index in [0.29, 0.717) is 0 Å². The van der Waals surface area contributed by atoms with Crippen molar-refractivity contribution < 1.29 is 4.74 Å². The lowest BCUT2D eigenvalue weighted by molar-refractivity contribution is 0.138. The minimum atomic E-state index is 0.208. The molecule has 0 bridgehead atoms. The predicted octanol–water partition coefficient (Wildman–Crippen LogP) is -0.732. The van der Waals surface area contributed by atoms with Crippen LogP contribution in [0.5, 0.6) is 0 Å². The van der Waals surface area contributed by atoms with Gasteiger partial charge in [-0.25, -0.2) is 0 Å². The minimum absolute atomic E-state index is 0.208. The molecule has 0 saturated heterocycles. The quantitative estimate of drug-likeness (QED) is 0.449. The van der Waals surface area contributed by atoms with Gasteiger partial charge in [-0.1, -0.05) is 0 Å². The van der Waals surface area contributed by atoms with Gasteiger partial charge in [0, 0.05) is 7.11 Å². The molecule has 3 nitrogen and oxygen atoms in total. The Hall–Kier alpha value is -0.570. The van der Waals surface area contributed by atoms with Crippen LogP contribution in [0.15, 0.2) is 0 Å². The predicted molar refractivity (Wildman–Crippen MR) is 31.6 cm³/mol. The average molecular weight is 114 g/mol. The second-order valence-corrected chi connectivity index (χ2v) is 1.88. The van der Waals surface area contributed by atoms with E-state index in [1.807, 2.05) is 12.1 Å². The molecule has 1 radical (unpaired) electrons. The lowest BCUT2D eigenvalue weighted by Gasteiger charge is -1.98. The monoisotopic (exact) mass is 114 g/mol. The van der Waals surface area contributed by atoms with E-state index in [9.17, 15) is 0 Å². The van der Waals surface area contributed by atoms with Gasteiger partial charge in [-0.2, -0.15) is 0 Å². The number of rotatable bonds is 1. The van der Waals surface area contributed by atoms with Crippen LogP contribution in [0.25, 0.3) is 0 Å². The number of methoxy groups -OCH3 is 1. The summed E-state index contributed by atoms with van der Waals surface area (Å²) in [6.07, 6.45) is 2.01. The van der Waals surface area contributed by atoms with Crippen molar-refractivity contribution in [2.45, 2.75) is 6.10 Å². The summed E-state index contributed by atoms with van der Waals surface area (Å²) in [7, 11) is 3.62. The van der Waals surface area contributed by atoms with Crippen LogP contribution in [0, 0.1) is 0 Å². The third kappa shape index (κ3) is 0.980. The molecule has 0 N–H and O–H groups in total. The van der Waals surface area contributed by atoms with Gasteiger partial charge in [0.1, 0.15) is 6.54 Å². The first kappa shape index (κ1) is 5.56. The van der Waals surface area contributed by atoms with Gasteiger partial charge in [-0.3, -0.25) is 0 Å². The first-order chi connectivity index (χ1) is 3.83. The van der Waals surface area contributed by atoms with E-state index in [0.717, 1.165) is 6.54 Å². The normalized spacial score (nSPS) is 27.2. The van der Waals surface area contributed by atoms with Crippen LogP contribution in [0.3, 0.4) is 0 Å². The summed E-state index contributed by atoms with van der Waals surface area (Å²) in [5.41, 5.74) is 0. The first-order valence-electron chi connectivity index (χ1n) is 2.61. The van der Waals surface area contributed by atoms with Gasteiger partial charge in [-0.15, -0.1) is 5.01 Å². The highest BCUT2D eigenvalue weighted by atomic mass is 16.5. The third-order valence-electron chi connectivity index (χ3n) is 1.18. The Labute approximate surface area is 48.9 Å². The maximum atomic E-state index is 4.99. The molecular formula is C5H10N2O+. The summed E-state index contributed by atoms with van der Waals surface area (Å²) in [6, 6.07) is 0. The minimum Gasteiger partial charge on any atom is -0.369 e. The van der Waals surface area contributed by atoms with E-state index in [1.54, 1.807) is 13.3 Å². The average Bonchev–Trinajstić information content (AvgIpc) is 2.14. The number of nitrogens with zero attached hydrogens (tertiary/aromatic N) is 2. The zero-order chi connectivity index (χ0) is 5.98. The molecular weight excluding hydrogens is 104 g/mol. The van der Waals surface area contributed by atoms with Gasteiger partial charge in [-0.05, 0) is 0 Å². The van der Waals surface area contributed by atoms with E-state index >= 15 is 0 Å². The van der Waals surface area contributed by atoms with E-state index in [2.05, 4.69) is 5.10 Å². The van der Waals surface area contributed by atoms with Crippen LogP contribution in [0.1, 0.15) is 0 Å². The smallest absolute Gasteiger partial charge is 0.282 e. The standard InChI is InChI=1S/C5H10N2O/c1-7-4-5(8-2)3-6-7/h3,5H,4H2,1-2H3/q+1. The molecule has 1 aliphatic heterocycles. The van der Waals surface area contributed by atoms with E-state index in [1.165, 1.54) is 0 Å². The zero-order valence-corrected chi connectivity index (χ0v) is 5.16. The number of hydrogen-bond acceptors (Lipinski definition) is 3. The van der Waals surface area contributed by atoms with Gasteiger partial charge in [0.25, 0.3) is 6.21 Å². The highest BCUT2D eigenvalue weighted by molar-refractivity contribution is 5.63.